The summed E-state index contributed by atoms with van der Waals surface area (Å²) in [7, 11) is 0. The molecule has 0 unspecified atom stereocenters. The van der Waals surface area contributed by atoms with Crippen LogP contribution in [0.3, 0.4) is 0 Å². The molecule has 4 amide bonds. The van der Waals surface area contributed by atoms with Crippen LogP contribution in [0, 0.1) is 12.8 Å². The molecule has 2 aliphatic rings. The van der Waals surface area contributed by atoms with Gasteiger partial charge in [0.25, 0.3) is 11.8 Å². The van der Waals surface area contributed by atoms with E-state index in [4.69, 9.17) is 4.74 Å². The van der Waals surface area contributed by atoms with Crippen molar-refractivity contribution in [1.29, 1.82) is 0 Å². The molecule has 1 aromatic rings. The Morgan fingerprint density at radius 3 is 2.41 bits per heavy atom. The summed E-state index contributed by atoms with van der Waals surface area (Å²) in [5, 5.41) is 2.65. The molecule has 0 saturated carbocycles. The summed E-state index contributed by atoms with van der Waals surface area (Å²) in [5.74, 6) is -0.990. The Hall–Kier alpha value is -2.90. The second kappa shape index (κ2) is 8.23. The second-order valence-corrected chi connectivity index (χ2v) is 8.04. The third kappa shape index (κ3) is 4.41. The Labute approximate surface area is 170 Å². The van der Waals surface area contributed by atoms with E-state index in [0.29, 0.717) is 24.6 Å². The van der Waals surface area contributed by atoms with Crippen molar-refractivity contribution in [2.75, 3.05) is 26.2 Å². The number of ether oxygens (including phenoxy) is 1. The summed E-state index contributed by atoms with van der Waals surface area (Å²) in [6, 6.07) is 6.58. The third-order valence-corrected chi connectivity index (χ3v) is 5.68. The number of benzene rings is 1. The van der Waals surface area contributed by atoms with Crippen LogP contribution in [-0.2, 0) is 24.7 Å². The van der Waals surface area contributed by atoms with Gasteiger partial charge in [-0.05, 0) is 38.2 Å². The van der Waals surface area contributed by atoms with Crippen molar-refractivity contribution in [2.45, 2.75) is 39.2 Å². The van der Waals surface area contributed by atoms with E-state index >= 15 is 0 Å². The highest BCUT2D eigenvalue weighted by atomic mass is 16.5. The summed E-state index contributed by atoms with van der Waals surface area (Å²) in [4.78, 5) is 52.0. The molecule has 0 spiro atoms. The fraction of sp³-hybridized carbons (Fsp3) is 0.524. The number of nitrogens with zero attached hydrogens (tertiary/aromatic N) is 2. The average molecular weight is 401 g/mol. The number of rotatable bonds is 5. The van der Waals surface area contributed by atoms with Crippen LogP contribution in [-0.4, -0.2) is 59.9 Å². The molecule has 3 rings (SSSR count). The fourth-order valence-corrected chi connectivity index (χ4v) is 3.59. The Morgan fingerprint density at radius 2 is 1.79 bits per heavy atom. The number of esters is 1. The lowest BCUT2D eigenvalue weighted by Gasteiger charge is -2.30. The van der Waals surface area contributed by atoms with Gasteiger partial charge in [0.1, 0.15) is 12.1 Å². The topological polar surface area (TPSA) is 96.0 Å². The maximum absolute atomic E-state index is 12.8. The van der Waals surface area contributed by atoms with E-state index in [2.05, 4.69) is 12.2 Å². The standard InChI is InChI=1S/C21H27N3O5/c1-14-4-6-16(7-5-14)21(3)19(27)24(20(28)22-21)12-18(26)29-13-17(25)23-10-8-15(2)9-11-23/h4-7,15H,8-13H2,1-3H3,(H,22,28)/t21-/m1/s1. The lowest BCUT2D eigenvalue weighted by atomic mass is 9.91. The maximum atomic E-state index is 12.8. The zero-order valence-electron chi connectivity index (χ0n) is 17.1. The minimum Gasteiger partial charge on any atom is -0.454 e. The Morgan fingerprint density at radius 1 is 1.17 bits per heavy atom. The van der Waals surface area contributed by atoms with Crippen molar-refractivity contribution in [2.24, 2.45) is 5.92 Å². The number of nitrogens with one attached hydrogen (secondary N) is 1. The van der Waals surface area contributed by atoms with E-state index in [1.807, 2.05) is 19.1 Å². The van der Waals surface area contributed by atoms with Crippen molar-refractivity contribution >= 4 is 23.8 Å². The van der Waals surface area contributed by atoms with Crippen molar-refractivity contribution in [3.63, 3.8) is 0 Å². The zero-order chi connectivity index (χ0) is 21.2. The van der Waals surface area contributed by atoms with E-state index in [9.17, 15) is 19.2 Å². The number of piperidine rings is 1. The minimum atomic E-state index is -1.24. The number of urea groups is 1. The number of amides is 4. The Kier molecular flexibility index (Phi) is 5.91. The molecule has 0 radical (unpaired) electrons. The van der Waals surface area contributed by atoms with Crippen LogP contribution in [0.5, 0.6) is 0 Å². The predicted molar refractivity (Wildman–Crippen MR) is 105 cm³/mol. The summed E-state index contributed by atoms with van der Waals surface area (Å²) in [6.07, 6.45) is 1.86. The first kappa shape index (κ1) is 20.8. The van der Waals surface area contributed by atoms with Gasteiger partial charge in [-0.25, -0.2) is 4.79 Å². The molecule has 29 heavy (non-hydrogen) atoms. The molecule has 8 heteroatoms. The number of imide groups is 1. The Bertz CT molecular complexity index is 814. The van der Waals surface area contributed by atoms with Gasteiger partial charge in [-0.15, -0.1) is 0 Å². The van der Waals surface area contributed by atoms with Gasteiger partial charge >= 0.3 is 12.0 Å². The highest BCUT2D eigenvalue weighted by Gasteiger charge is 2.49. The molecule has 2 saturated heterocycles. The summed E-state index contributed by atoms with van der Waals surface area (Å²) < 4.78 is 5.03. The zero-order valence-corrected chi connectivity index (χ0v) is 17.1. The molecule has 1 aromatic carbocycles. The van der Waals surface area contributed by atoms with Gasteiger partial charge in [0.15, 0.2) is 6.61 Å². The van der Waals surface area contributed by atoms with Gasteiger partial charge in [-0.3, -0.25) is 19.3 Å². The molecule has 2 fully saturated rings. The highest BCUT2D eigenvalue weighted by molar-refractivity contribution is 6.08. The van der Waals surface area contributed by atoms with Crippen LogP contribution in [0.15, 0.2) is 24.3 Å². The molecule has 1 atom stereocenters. The van der Waals surface area contributed by atoms with Crippen molar-refractivity contribution < 1.29 is 23.9 Å². The van der Waals surface area contributed by atoms with Gasteiger partial charge in [0.2, 0.25) is 0 Å². The monoisotopic (exact) mass is 401 g/mol. The van der Waals surface area contributed by atoms with Crippen molar-refractivity contribution in [3.05, 3.63) is 35.4 Å². The van der Waals surface area contributed by atoms with Gasteiger partial charge in [-0.2, -0.15) is 0 Å². The third-order valence-electron chi connectivity index (χ3n) is 5.68. The number of aryl methyl sites for hydroxylation is 1. The molecule has 0 aromatic heterocycles. The first-order valence-corrected chi connectivity index (χ1v) is 9.85. The molecular weight excluding hydrogens is 374 g/mol. The summed E-state index contributed by atoms with van der Waals surface area (Å²) in [5.41, 5.74) is 0.417. The molecule has 156 valence electrons. The summed E-state index contributed by atoms with van der Waals surface area (Å²) >= 11 is 0. The normalized spacial score (nSPS) is 22.6. The quantitative estimate of drug-likeness (QED) is 0.597. The first-order valence-electron chi connectivity index (χ1n) is 9.85. The molecule has 2 aliphatic heterocycles. The van der Waals surface area contributed by atoms with E-state index in [0.717, 1.165) is 23.3 Å². The van der Waals surface area contributed by atoms with Gasteiger partial charge in [-0.1, -0.05) is 36.8 Å². The molecule has 0 bridgehead atoms. The molecular formula is C21H27N3O5. The van der Waals surface area contributed by atoms with Crippen LogP contribution in [0.25, 0.3) is 0 Å². The number of hydrogen-bond acceptors (Lipinski definition) is 5. The van der Waals surface area contributed by atoms with Gasteiger partial charge in [0.05, 0.1) is 0 Å². The van der Waals surface area contributed by atoms with E-state index in [-0.39, 0.29) is 12.5 Å². The van der Waals surface area contributed by atoms with Crippen LogP contribution >= 0.6 is 0 Å². The SMILES string of the molecule is Cc1ccc([C@@]2(C)NC(=O)N(CC(=O)OCC(=O)N3CCC(C)CC3)C2=O)cc1. The average Bonchev–Trinajstić information content (AvgIpc) is 2.91. The second-order valence-electron chi connectivity index (χ2n) is 8.04. The lowest BCUT2D eigenvalue weighted by molar-refractivity contribution is -0.154. The number of likely N-dealkylation sites (tertiary alicyclic amines) is 1. The minimum absolute atomic E-state index is 0.257. The van der Waals surface area contributed by atoms with Crippen LogP contribution in [0.4, 0.5) is 4.79 Å². The maximum Gasteiger partial charge on any atom is 0.326 e. The van der Waals surface area contributed by atoms with Gasteiger partial charge in [0, 0.05) is 13.1 Å². The highest BCUT2D eigenvalue weighted by Crippen LogP contribution is 2.29. The van der Waals surface area contributed by atoms with Crippen LogP contribution in [0.2, 0.25) is 0 Å². The van der Waals surface area contributed by atoms with Gasteiger partial charge < -0.3 is 15.0 Å². The van der Waals surface area contributed by atoms with Crippen molar-refractivity contribution in [3.8, 4) is 0 Å². The largest absolute Gasteiger partial charge is 0.454 e. The molecule has 8 nitrogen and oxygen atoms in total. The molecule has 1 N–H and O–H groups in total. The van der Waals surface area contributed by atoms with E-state index in [1.165, 1.54) is 0 Å². The Balaban J connectivity index is 1.56. The molecule has 0 aliphatic carbocycles. The first-order chi connectivity index (χ1) is 13.7. The number of hydrogen-bond donors (Lipinski definition) is 1. The van der Waals surface area contributed by atoms with Crippen LogP contribution < -0.4 is 5.32 Å². The van der Waals surface area contributed by atoms with E-state index < -0.39 is 30.0 Å². The number of carbonyl (C=O) groups excluding carboxylic acids is 4. The van der Waals surface area contributed by atoms with Crippen LogP contribution in [0.1, 0.15) is 37.8 Å². The smallest absolute Gasteiger partial charge is 0.326 e. The predicted octanol–water partition coefficient (Wildman–Crippen LogP) is 1.56. The fourth-order valence-electron chi connectivity index (χ4n) is 3.59. The molecule has 2 heterocycles. The van der Waals surface area contributed by atoms with Crippen molar-refractivity contribution in [1.82, 2.24) is 15.1 Å². The summed E-state index contributed by atoms with van der Waals surface area (Å²) in [6.45, 7) is 6.06. The lowest BCUT2D eigenvalue weighted by Crippen LogP contribution is -2.42. The number of carbonyl (C=O) groups is 4. The van der Waals surface area contributed by atoms with E-state index in [1.54, 1.807) is 24.0 Å².